The lowest BCUT2D eigenvalue weighted by molar-refractivity contribution is -0.116. The van der Waals surface area contributed by atoms with Crippen molar-refractivity contribution in [2.45, 2.75) is 0 Å². The lowest BCUT2D eigenvalue weighted by atomic mass is 10.3. The molecule has 0 spiro atoms. The molecule has 26 heavy (non-hydrogen) atoms. The Morgan fingerprint density at radius 3 is 2.65 bits per heavy atom. The van der Waals surface area contributed by atoms with E-state index in [1.807, 2.05) is 30.3 Å². The Morgan fingerprint density at radius 2 is 1.92 bits per heavy atom. The first-order valence-corrected chi connectivity index (χ1v) is 8.19. The molecule has 2 amide bonds. The van der Waals surface area contributed by atoms with E-state index in [9.17, 15) is 9.59 Å². The van der Waals surface area contributed by atoms with E-state index in [0.717, 1.165) is 5.69 Å². The zero-order chi connectivity index (χ0) is 18.5. The number of hydrogen-bond donors (Lipinski definition) is 1. The van der Waals surface area contributed by atoms with E-state index >= 15 is 0 Å². The van der Waals surface area contributed by atoms with Gasteiger partial charge in [0.1, 0.15) is 0 Å². The molecule has 2 aromatic carbocycles. The van der Waals surface area contributed by atoms with Gasteiger partial charge in [0.15, 0.2) is 5.69 Å². The van der Waals surface area contributed by atoms with Crippen molar-refractivity contribution in [3.8, 4) is 5.69 Å². The number of halogens is 1. The molecule has 0 radical (unpaired) electrons. The van der Waals surface area contributed by atoms with E-state index < -0.39 is 5.91 Å². The molecule has 0 saturated carbocycles. The third kappa shape index (κ3) is 4.25. The van der Waals surface area contributed by atoms with Crippen molar-refractivity contribution in [1.29, 1.82) is 0 Å². The molecule has 3 rings (SSSR count). The van der Waals surface area contributed by atoms with Crippen molar-refractivity contribution in [3.05, 3.63) is 71.5 Å². The molecule has 1 N–H and O–H groups in total. The minimum absolute atomic E-state index is 0.121. The van der Waals surface area contributed by atoms with Gasteiger partial charge in [0.05, 0.1) is 18.4 Å². The Labute approximate surface area is 155 Å². The number of amides is 2. The number of para-hydroxylation sites is 1. The molecular weight excluding hydrogens is 354 g/mol. The highest BCUT2D eigenvalue weighted by Gasteiger charge is 2.18. The maximum atomic E-state index is 12.4. The highest BCUT2D eigenvalue weighted by molar-refractivity contribution is 6.30. The van der Waals surface area contributed by atoms with Crippen LogP contribution in [0, 0.1) is 0 Å². The van der Waals surface area contributed by atoms with Crippen LogP contribution in [-0.4, -0.2) is 45.3 Å². The predicted octanol–water partition coefficient (Wildman–Crippen LogP) is 2.63. The molecule has 0 atom stereocenters. The number of nitrogens with one attached hydrogen (secondary N) is 1. The lowest BCUT2D eigenvalue weighted by Gasteiger charge is -2.15. The average Bonchev–Trinajstić information content (AvgIpc) is 3.11. The summed E-state index contributed by atoms with van der Waals surface area (Å²) in [7, 11) is 1.53. The van der Waals surface area contributed by atoms with Gasteiger partial charge in [-0.2, -0.15) is 0 Å². The molecule has 0 aliphatic rings. The lowest BCUT2D eigenvalue weighted by Crippen LogP contribution is -2.35. The number of rotatable bonds is 5. The first-order chi connectivity index (χ1) is 12.5. The van der Waals surface area contributed by atoms with Gasteiger partial charge in [0, 0.05) is 17.8 Å². The van der Waals surface area contributed by atoms with Gasteiger partial charge >= 0.3 is 0 Å². The van der Waals surface area contributed by atoms with Crippen molar-refractivity contribution in [1.82, 2.24) is 19.9 Å². The van der Waals surface area contributed by atoms with Crippen molar-refractivity contribution in [2.24, 2.45) is 0 Å². The van der Waals surface area contributed by atoms with Gasteiger partial charge in [-0.25, -0.2) is 4.68 Å². The summed E-state index contributed by atoms with van der Waals surface area (Å²) in [5, 5.41) is 11.1. The largest absolute Gasteiger partial charge is 0.331 e. The van der Waals surface area contributed by atoms with Crippen LogP contribution in [0.1, 0.15) is 10.5 Å². The fourth-order valence-electron chi connectivity index (χ4n) is 2.32. The molecule has 0 bridgehead atoms. The van der Waals surface area contributed by atoms with Crippen LogP contribution in [0.3, 0.4) is 0 Å². The van der Waals surface area contributed by atoms with E-state index in [2.05, 4.69) is 15.6 Å². The predicted molar refractivity (Wildman–Crippen MR) is 98.4 cm³/mol. The highest BCUT2D eigenvalue weighted by atomic mass is 35.5. The molecule has 1 aromatic heterocycles. The maximum absolute atomic E-state index is 12.4. The number of anilines is 1. The minimum Gasteiger partial charge on any atom is -0.331 e. The zero-order valence-corrected chi connectivity index (χ0v) is 14.7. The van der Waals surface area contributed by atoms with Crippen molar-refractivity contribution in [3.63, 3.8) is 0 Å². The second-order valence-corrected chi connectivity index (χ2v) is 6.04. The third-order valence-corrected chi connectivity index (χ3v) is 3.80. The number of hydrogen-bond acceptors (Lipinski definition) is 4. The van der Waals surface area contributed by atoms with Gasteiger partial charge in [-0.15, -0.1) is 5.10 Å². The molecule has 0 saturated heterocycles. The van der Waals surface area contributed by atoms with Crippen LogP contribution in [0.25, 0.3) is 5.69 Å². The summed E-state index contributed by atoms with van der Waals surface area (Å²) >= 11 is 5.88. The summed E-state index contributed by atoms with van der Waals surface area (Å²) in [6.45, 7) is -0.121. The monoisotopic (exact) mass is 369 g/mol. The van der Waals surface area contributed by atoms with E-state index in [1.54, 1.807) is 24.3 Å². The fourth-order valence-corrected chi connectivity index (χ4v) is 2.51. The quantitative estimate of drug-likeness (QED) is 0.749. The Kier molecular flexibility index (Phi) is 5.28. The number of likely N-dealkylation sites (N-methyl/N-ethyl adjacent to an activating group) is 1. The first kappa shape index (κ1) is 17.6. The van der Waals surface area contributed by atoms with E-state index in [0.29, 0.717) is 10.7 Å². The number of aromatic nitrogens is 3. The maximum Gasteiger partial charge on any atom is 0.276 e. The SMILES string of the molecule is CN(CC(=O)Nc1cccc(Cl)c1)C(=O)c1cn(-c2ccccc2)nn1. The van der Waals surface area contributed by atoms with Gasteiger partial charge in [-0.1, -0.05) is 41.1 Å². The number of nitrogens with zero attached hydrogens (tertiary/aromatic N) is 4. The number of carbonyl (C=O) groups is 2. The van der Waals surface area contributed by atoms with Crippen LogP contribution >= 0.6 is 11.6 Å². The molecule has 0 fully saturated rings. The van der Waals surface area contributed by atoms with Gasteiger partial charge < -0.3 is 10.2 Å². The second kappa shape index (κ2) is 7.79. The molecule has 132 valence electrons. The fraction of sp³-hybridized carbons (Fsp3) is 0.111. The van der Waals surface area contributed by atoms with E-state index in [4.69, 9.17) is 11.6 Å². The molecule has 1 heterocycles. The van der Waals surface area contributed by atoms with Gasteiger partial charge in [0.2, 0.25) is 5.91 Å². The average molecular weight is 370 g/mol. The zero-order valence-electron chi connectivity index (χ0n) is 14.0. The van der Waals surface area contributed by atoms with E-state index in [-0.39, 0.29) is 18.1 Å². The van der Waals surface area contributed by atoms with Gasteiger partial charge in [-0.3, -0.25) is 9.59 Å². The molecule has 8 heteroatoms. The molecule has 0 aliphatic heterocycles. The van der Waals surface area contributed by atoms with Crippen LogP contribution in [0.15, 0.2) is 60.8 Å². The Morgan fingerprint density at radius 1 is 1.15 bits per heavy atom. The molecular formula is C18H16ClN5O2. The van der Waals surface area contributed by atoms with Gasteiger partial charge in [-0.05, 0) is 30.3 Å². The molecule has 7 nitrogen and oxygen atoms in total. The van der Waals surface area contributed by atoms with Crippen LogP contribution < -0.4 is 5.32 Å². The van der Waals surface area contributed by atoms with Crippen LogP contribution in [0.5, 0.6) is 0 Å². The normalized spacial score (nSPS) is 10.4. The standard InChI is InChI=1S/C18H16ClN5O2/c1-23(12-17(25)20-14-7-5-6-13(19)10-14)18(26)16-11-24(22-21-16)15-8-3-2-4-9-15/h2-11H,12H2,1H3,(H,20,25). The Balaban J connectivity index is 1.63. The van der Waals surface area contributed by atoms with Crippen LogP contribution in [0.4, 0.5) is 5.69 Å². The van der Waals surface area contributed by atoms with Crippen molar-refractivity contribution in [2.75, 3.05) is 18.9 Å². The highest BCUT2D eigenvalue weighted by Crippen LogP contribution is 2.15. The Hall–Kier alpha value is -3.19. The molecule has 0 aliphatic carbocycles. The van der Waals surface area contributed by atoms with E-state index in [1.165, 1.54) is 22.8 Å². The molecule has 3 aromatic rings. The number of carbonyl (C=O) groups excluding carboxylic acids is 2. The third-order valence-electron chi connectivity index (χ3n) is 3.57. The summed E-state index contributed by atoms with van der Waals surface area (Å²) < 4.78 is 1.51. The van der Waals surface area contributed by atoms with Crippen LogP contribution in [0.2, 0.25) is 5.02 Å². The summed E-state index contributed by atoms with van der Waals surface area (Å²) in [4.78, 5) is 25.8. The van der Waals surface area contributed by atoms with Crippen molar-refractivity contribution >= 4 is 29.1 Å². The first-order valence-electron chi connectivity index (χ1n) is 7.81. The minimum atomic E-state index is -0.395. The topological polar surface area (TPSA) is 80.1 Å². The van der Waals surface area contributed by atoms with Crippen LogP contribution in [-0.2, 0) is 4.79 Å². The smallest absolute Gasteiger partial charge is 0.276 e. The van der Waals surface area contributed by atoms with Gasteiger partial charge in [0.25, 0.3) is 5.91 Å². The van der Waals surface area contributed by atoms with Crippen molar-refractivity contribution < 1.29 is 9.59 Å². The number of benzene rings is 2. The molecule has 0 unspecified atom stereocenters. The summed E-state index contributed by atoms with van der Waals surface area (Å²) in [6, 6.07) is 16.1. The summed E-state index contributed by atoms with van der Waals surface area (Å²) in [5.74, 6) is -0.730. The second-order valence-electron chi connectivity index (χ2n) is 5.60. The summed E-state index contributed by atoms with van der Waals surface area (Å²) in [6.07, 6.45) is 1.53. The summed E-state index contributed by atoms with van der Waals surface area (Å²) in [5.41, 5.74) is 1.52. The Bertz CT molecular complexity index is 926.